The summed E-state index contributed by atoms with van der Waals surface area (Å²) >= 11 is 1.70. The third-order valence-electron chi connectivity index (χ3n) is 4.89. The number of thioether (sulfide) groups is 1. The van der Waals surface area contributed by atoms with E-state index >= 15 is 0 Å². The number of hydrogen-bond acceptors (Lipinski definition) is 1. The Labute approximate surface area is 188 Å². The first kappa shape index (κ1) is 22.7. The lowest BCUT2D eigenvalue weighted by molar-refractivity contribution is 0.573. The fourth-order valence-electron chi connectivity index (χ4n) is 3.21. The van der Waals surface area contributed by atoms with E-state index in [4.69, 9.17) is 0 Å². The number of aryl methyl sites for hydroxylation is 2. The van der Waals surface area contributed by atoms with Crippen molar-refractivity contribution >= 4 is 11.8 Å². The second kappa shape index (κ2) is 10.9. The summed E-state index contributed by atoms with van der Waals surface area (Å²) in [4.78, 5) is 1.20. The third kappa shape index (κ3) is 6.00. The Morgan fingerprint density at radius 2 is 1.42 bits per heavy atom. The van der Waals surface area contributed by atoms with E-state index in [1.165, 1.54) is 17.0 Å². The van der Waals surface area contributed by atoms with Gasteiger partial charge in [-0.1, -0.05) is 44.0 Å². The highest BCUT2D eigenvalue weighted by atomic mass is 32.2. The Morgan fingerprint density at radius 1 is 0.774 bits per heavy atom. The van der Waals surface area contributed by atoms with E-state index < -0.39 is 11.6 Å². The molecule has 0 radical (unpaired) electrons. The molecule has 0 saturated carbocycles. The lowest BCUT2D eigenvalue weighted by Gasteiger charge is -2.04. The normalized spacial score (nSPS) is 10.1. The molecule has 0 spiro atoms. The van der Waals surface area contributed by atoms with E-state index in [0.717, 1.165) is 29.5 Å². The minimum atomic E-state index is -0.610. The van der Waals surface area contributed by atoms with E-state index in [2.05, 4.69) is 42.7 Å². The molecule has 3 aromatic carbocycles. The highest BCUT2D eigenvalue weighted by Gasteiger charge is 2.09. The van der Waals surface area contributed by atoms with Gasteiger partial charge in [0.2, 0.25) is 0 Å². The quantitative estimate of drug-likeness (QED) is 0.317. The molecule has 0 atom stereocenters. The van der Waals surface area contributed by atoms with Gasteiger partial charge in [0.25, 0.3) is 0 Å². The van der Waals surface area contributed by atoms with Gasteiger partial charge in [0.05, 0.1) is 5.56 Å². The molecule has 0 N–H and O–H groups in total. The van der Waals surface area contributed by atoms with Crippen LogP contribution < -0.4 is 0 Å². The maximum absolute atomic E-state index is 14.3. The Balaban J connectivity index is 1.86. The summed E-state index contributed by atoms with van der Waals surface area (Å²) in [6.07, 6.45) is 4.32. The van der Waals surface area contributed by atoms with Crippen molar-refractivity contribution in [2.75, 3.05) is 6.26 Å². The van der Waals surface area contributed by atoms with E-state index in [1.807, 2.05) is 43.5 Å². The molecule has 0 saturated heterocycles. The molecule has 3 aromatic rings. The van der Waals surface area contributed by atoms with Gasteiger partial charge < -0.3 is 0 Å². The predicted molar refractivity (Wildman–Crippen MR) is 126 cm³/mol. The van der Waals surface area contributed by atoms with Gasteiger partial charge in [0, 0.05) is 21.6 Å². The van der Waals surface area contributed by atoms with Crippen molar-refractivity contribution in [1.29, 1.82) is 0 Å². The standard InChI is InChI=1S/C28H24F2S/c1-4-6-22-18-27(29)26(28(30)19-22)16-11-21-8-13-24(23(5-2)17-21)12-7-20-9-14-25(31-3)15-10-20/h8-10,13-15,17-19H,4-6H2,1-3H3. The number of benzene rings is 3. The van der Waals surface area contributed by atoms with Gasteiger partial charge in [-0.15, -0.1) is 11.8 Å². The molecule has 0 aliphatic rings. The van der Waals surface area contributed by atoms with E-state index in [1.54, 1.807) is 11.8 Å². The van der Waals surface area contributed by atoms with Gasteiger partial charge in [-0.25, -0.2) is 8.78 Å². The predicted octanol–water partition coefficient (Wildman–Crippen LogP) is 7.00. The molecule has 0 aliphatic carbocycles. The summed E-state index contributed by atoms with van der Waals surface area (Å²) in [6, 6.07) is 16.6. The highest BCUT2D eigenvalue weighted by molar-refractivity contribution is 7.98. The summed E-state index contributed by atoms with van der Waals surface area (Å²) in [5, 5.41) is 0. The van der Waals surface area contributed by atoms with Crippen LogP contribution in [0.2, 0.25) is 0 Å². The van der Waals surface area contributed by atoms with Crippen LogP contribution in [0.1, 0.15) is 53.6 Å². The van der Waals surface area contributed by atoms with Crippen LogP contribution >= 0.6 is 11.8 Å². The van der Waals surface area contributed by atoms with E-state index in [0.29, 0.717) is 17.5 Å². The van der Waals surface area contributed by atoms with Crippen molar-refractivity contribution in [3.8, 4) is 23.7 Å². The van der Waals surface area contributed by atoms with Crippen LogP contribution in [0.5, 0.6) is 0 Å². The van der Waals surface area contributed by atoms with Gasteiger partial charge in [-0.3, -0.25) is 0 Å². The topological polar surface area (TPSA) is 0 Å². The van der Waals surface area contributed by atoms with Crippen LogP contribution in [0.15, 0.2) is 59.5 Å². The van der Waals surface area contributed by atoms with Gasteiger partial charge in [0.15, 0.2) is 0 Å². The summed E-state index contributed by atoms with van der Waals surface area (Å²) in [6.45, 7) is 4.03. The summed E-state index contributed by atoms with van der Waals surface area (Å²) in [7, 11) is 0. The Morgan fingerprint density at radius 3 is 2.03 bits per heavy atom. The first-order valence-corrected chi connectivity index (χ1v) is 11.6. The fourth-order valence-corrected chi connectivity index (χ4v) is 3.62. The smallest absolute Gasteiger partial charge is 0.142 e. The Bertz CT molecular complexity index is 1160. The Hall–Kier alpha value is -3.01. The molecule has 3 rings (SSSR count). The first-order valence-electron chi connectivity index (χ1n) is 10.3. The van der Waals surface area contributed by atoms with E-state index in [-0.39, 0.29) is 5.56 Å². The maximum Gasteiger partial charge on any atom is 0.142 e. The molecule has 0 heterocycles. The molecule has 31 heavy (non-hydrogen) atoms. The maximum atomic E-state index is 14.3. The Kier molecular flexibility index (Phi) is 7.94. The lowest BCUT2D eigenvalue weighted by Crippen LogP contribution is -1.95. The molecular weight excluding hydrogens is 406 g/mol. The van der Waals surface area contributed by atoms with Crippen molar-refractivity contribution in [3.05, 3.63) is 99.6 Å². The van der Waals surface area contributed by atoms with Gasteiger partial charge in [0.1, 0.15) is 11.6 Å². The van der Waals surface area contributed by atoms with Crippen molar-refractivity contribution in [1.82, 2.24) is 0 Å². The van der Waals surface area contributed by atoms with Crippen LogP contribution in [0.25, 0.3) is 0 Å². The highest BCUT2D eigenvalue weighted by Crippen LogP contribution is 2.17. The summed E-state index contributed by atoms with van der Waals surface area (Å²) < 4.78 is 28.6. The first-order chi connectivity index (χ1) is 15.0. The van der Waals surface area contributed by atoms with Crippen LogP contribution in [-0.4, -0.2) is 6.26 Å². The van der Waals surface area contributed by atoms with Gasteiger partial charge >= 0.3 is 0 Å². The SMILES string of the molecule is CCCc1cc(F)c(C#Cc2ccc(C#Cc3ccc(SC)cc3)c(CC)c2)c(F)c1. The molecule has 0 aliphatic heterocycles. The molecule has 0 unspecified atom stereocenters. The molecule has 156 valence electrons. The molecule has 0 amide bonds. The summed E-state index contributed by atoms with van der Waals surface area (Å²) in [5.74, 6) is 10.8. The minimum Gasteiger partial charge on any atom is -0.206 e. The number of rotatable bonds is 4. The van der Waals surface area contributed by atoms with Crippen molar-refractivity contribution < 1.29 is 8.78 Å². The third-order valence-corrected chi connectivity index (χ3v) is 5.63. The average Bonchev–Trinajstić information content (AvgIpc) is 2.78. The van der Waals surface area contributed by atoms with Crippen LogP contribution in [0.4, 0.5) is 8.78 Å². The zero-order chi connectivity index (χ0) is 22.2. The number of hydrogen-bond donors (Lipinski definition) is 0. The minimum absolute atomic E-state index is 0.185. The van der Waals surface area contributed by atoms with Gasteiger partial charge in [-0.2, -0.15) is 0 Å². The molecule has 0 bridgehead atoms. The molecule has 0 nitrogen and oxygen atoms in total. The average molecular weight is 431 g/mol. The van der Waals surface area contributed by atoms with Crippen molar-refractivity contribution in [2.24, 2.45) is 0 Å². The molecular formula is C28H24F2S. The monoisotopic (exact) mass is 430 g/mol. The van der Waals surface area contributed by atoms with Crippen LogP contribution in [-0.2, 0) is 12.8 Å². The van der Waals surface area contributed by atoms with Crippen LogP contribution in [0.3, 0.4) is 0 Å². The largest absolute Gasteiger partial charge is 0.206 e. The van der Waals surface area contributed by atoms with E-state index in [9.17, 15) is 8.78 Å². The summed E-state index contributed by atoms with van der Waals surface area (Å²) in [5.41, 5.74) is 4.13. The second-order valence-electron chi connectivity index (χ2n) is 7.14. The second-order valence-corrected chi connectivity index (χ2v) is 8.02. The molecule has 3 heteroatoms. The number of halogens is 2. The zero-order valence-electron chi connectivity index (χ0n) is 18.0. The fraction of sp³-hybridized carbons (Fsp3) is 0.214. The zero-order valence-corrected chi connectivity index (χ0v) is 18.8. The molecule has 0 aromatic heterocycles. The molecule has 0 fully saturated rings. The van der Waals surface area contributed by atoms with Gasteiger partial charge in [-0.05, 0) is 84.8 Å². The lowest BCUT2D eigenvalue weighted by atomic mass is 10.0. The van der Waals surface area contributed by atoms with Crippen molar-refractivity contribution in [3.63, 3.8) is 0 Å². The van der Waals surface area contributed by atoms with Crippen molar-refractivity contribution in [2.45, 2.75) is 38.0 Å². The van der Waals surface area contributed by atoms with Crippen LogP contribution in [0, 0.1) is 35.3 Å².